The predicted molar refractivity (Wildman–Crippen MR) is 54.7 cm³/mol. The molecule has 5 heteroatoms. The van der Waals surface area contributed by atoms with Crippen molar-refractivity contribution < 1.29 is 9.25 Å². The van der Waals surface area contributed by atoms with E-state index in [0.29, 0.717) is 17.2 Å². The van der Waals surface area contributed by atoms with Crippen molar-refractivity contribution in [1.29, 1.82) is 0 Å². The van der Waals surface area contributed by atoms with Crippen LogP contribution in [0.15, 0.2) is 16.7 Å². The van der Waals surface area contributed by atoms with Crippen LogP contribution in [-0.4, -0.2) is 10.8 Å². The van der Waals surface area contributed by atoms with Gasteiger partial charge in [-0.25, -0.2) is 0 Å². The van der Waals surface area contributed by atoms with E-state index < -0.39 is 0 Å². The van der Waals surface area contributed by atoms with Crippen LogP contribution >= 0.6 is 0 Å². The molecule has 0 radical (unpaired) electrons. The maximum atomic E-state index is 5.77. The first-order valence-electron chi connectivity index (χ1n) is 4.41. The van der Waals surface area contributed by atoms with Crippen molar-refractivity contribution >= 4 is 22.6 Å². The SMILES string of the molecule is CC(C)On1c(N)c(N)c2ccoc21. The third-order valence-electron chi connectivity index (χ3n) is 1.93. The standard InChI is InChI=1S/C9H13N3O2/c1-5(2)14-12-8(11)7(10)6-3-4-13-9(6)12/h3-5H,10-11H2,1-2H3. The van der Waals surface area contributed by atoms with Crippen LogP contribution < -0.4 is 16.3 Å². The van der Waals surface area contributed by atoms with Gasteiger partial charge in [-0.15, -0.1) is 4.73 Å². The van der Waals surface area contributed by atoms with E-state index >= 15 is 0 Å². The molecule has 5 nitrogen and oxygen atoms in total. The van der Waals surface area contributed by atoms with Crippen molar-refractivity contribution in [1.82, 2.24) is 4.73 Å². The Labute approximate surface area is 81.2 Å². The maximum Gasteiger partial charge on any atom is 0.244 e. The fraction of sp³-hybridized carbons (Fsp3) is 0.333. The van der Waals surface area contributed by atoms with Gasteiger partial charge < -0.3 is 20.7 Å². The summed E-state index contributed by atoms with van der Waals surface area (Å²) in [5.41, 5.74) is 12.6. The quantitative estimate of drug-likeness (QED) is 0.755. The highest BCUT2D eigenvalue weighted by Crippen LogP contribution is 2.30. The molecule has 2 heterocycles. The zero-order valence-corrected chi connectivity index (χ0v) is 8.15. The van der Waals surface area contributed by atoms with E-state index in [9.17, 15) is 0 Å². The highest BCUT2D eigenvalue weighted by atomic mass is 16.7. The first-order chi connectivity index (χ1) is 6.61. The second-order valence-electron chi connectivity index (χ2n) is 3.39. The Morgan fingerprint density at radius 1 is 1.43 bits per heavy atom. The van der Waals surface area contributed by atoms with Crippen LogP contribution in [0.1, 0.15) is 13.8 Å². The van der Waals surface area contributed by atoms with Crippen LogP contribution in [0.25, 0.3) is 11.1 Å². The molecule has 2 aromatic rings. The van der Waals surface area contributed by atoms with Crippen molar-refractivity contribution in [2.24, 2.45) is 0 Å². The van der Waals surface area contributed by atoms with Gasteiger partial charge in [0.05, 0.1) is 17.3 Å². The summed E-state index contributed by atoms with van der Waals surface area (Å²) in [5, 5.41) is 0.781. The predicted octanol–water partition coefficient (Wildman–Crippen LogP) is 1.24. The Kier molecular flexibility index (Phi) is 1.80. The monoisotopic (exact) mass is 195 g/mol. The van der Waals surface area contributed by atoms with Crippen molar-refractivity contribution in [3.05, 3.63) is 12.3 Å². The van der Waals surface area contributed by atoms with Crippen LogP contribution in [-0.2, 0) is 0 Å². The van der Waals surface area contributed by atoms with Gasteiger partial charge in [0.25, 0.3) is 0 Å². The number of hydrogen-bond donors (Lipinski definition) is 2. The molecule has 4 N–H and O–H groups in total. The minimum atomic E-state index is 0.0115. The van der Waals surface area contributed by atoms with Gasteiger partial charge in [-0.05, 0) is 19.9 Å². The summed E-state index contributed by atoms with van der Waals surface area (Å²) < 4.78 is 6.66. The van der Waals surface area contributed by atoms with Crippen molar-refractivity contribution in [2.45, 2.75) is 20.0 Å². The number of fused-ring (bicyclic) bond motifs is 1. The summed E-state index contributed by atoms with van der Waals surface area (Å²) in [6.45, 7) is 3.81. The smallest absolute Gasteiger partial charge is 0.244 e. The number of nitrogens with two attached hydrogens (primary N) is 2. The number of aromatic nitrogens is 1. The summed E-state index contributed by atoms with van der Waals surface area (Å²) in [5.74, 6) is 0.382. The third-order valence-corrected chi connectivity index (χ3v) is 1.93. The van der Waals surface area contributed by atoms with Gasteiger partial charge in [0.15, 0.2) is 5.82 Å². The summed E-state index contributed by atoms with van der Waals surface area (Å²) in [7, 11) is 0. The number of nitrogen functional groups attached to an aromatic ring is 2. The number of rotatable bonds is 2. The summed E-state index contributed by atoms with van der Waals surface area (Å²) >= 11 is 0. The average Bonchev–Trinajstić information content (AvgIpc) is 2.65. The van der Waals surface area contributed by atoms with Crippen molar-refractivity contribution in [2.75, 3.05) is 11.5 Å². The molecule has 0 saturated heterocycles. The van der Waals surface area contributed by atoms with Crippen LogP contribution in [0.4, 0.5) is 11.5 Å². The summed E-state index contributed by atoms with van der Waals surface area (Å²) in [4.78, 5) is 5.46. The van der Waals surface area contributed by atoms with E-state index in [-0.39, 0.29) is 6.10 Å². The van der Waals surface area contributed by atoms with Gasteiger partial charge >= 0.3 is 0 Å². The molecular weight excluding hydrogens is 182 g/mol. The Balaban J connectivity index is 2.61. The van der Waals surface area contributed by atoms with Gasteiger partial charge in [0.1, 0.15) is 6.10 Å². The van der Waals surface area contributed by atoms with Crippen molar-refractivity contribution in [3.8, 4) is 0 Å². The van der Waals surface area contributed by atoms with Gasteiger partial charge in [0, 0.05) is 0 Å². The van der Waals surface area contributed by atoms with Crippen LogP contribution in [0.3, 0.4) is 0 Å². The zero-order chi connectivity index (χ0) is 10.3. The number of anilines is 2. The minimum Gasteiger partial charge on any atom is -0.445 e. The van der Waals surface area contributed by atoms with Crippen LogP contribution in [0.2, 0.25) is 0 Å². The normalized spacial score (nSPS) is 11.4. The Hall–Kier alpha value is -1.78. The largest absolute Gasteiger partial charge is 0.445 e. The maximum absolute atomic E-state index is 5.77. The molecule has 0 unspecified atom stereocenters. The molecule has 0 aromatic carbocycles. The van der Waals surface area contributed by atoms with E-state index in [0.717, 1.165) is 5.39 Å². The summed E-state index contributed by atoms with van der Waals surface area (Å²) in [6, 6.07) is 1.77. The minimum absolute atomic E-state index is 0.0115. The van der Waals surface area contributed by atoms with Crippen LogP contribution in [0.5, 0.6) is 0 Å². The number of hydrogen-bond acceptors (Lipinski definition) is 4. The molecule has 0 amide bonds. The molecule has 2 rings (SSSR count). The zero-order valence-electron chi connectivity index (χ0n) is 8.15. The van der Waals surface area contributed by atoms with Crippen molar-refractivity contribution in [3.63, 3.8) is 0 Å². The van der Waals surface area contributed by atoms with E-state index in [1.807, 2.05) is 13.8 Å². The highest BCUT2D eigenvalue weighted by molar-refractivity contribution is 5.95. The Morgan fingerprint density at radius 2 is 2.14 bits per heavy atom. The lowest BCUT2D eigenvalue weighted by Gasteiger charge is -2.11. The first kappa shape index (κ1) is 8.80. The van der Waals surface area contributed by atoms with E-state index in [2.05, 4.69) is 0 Å². The molecule has 76 valence electrons. The lowest BCUT2D eigenvalue weighted by Crippen LogP contribution is -2.20. The lowest BCUT2D eigenvalue weighted by atomic mass is 10.3. The fourth-order valence-electron chi connectivity index (χ4n) is 1.34. The highest BCUT2D eigenvalue weighted by Gasteiger charge is 2.16. The summed E-state index contributed by atoms with van der Waals surface area (Å²) in [6.07, 6.45) is 1.57. The fourth-order valence-corrected chi connectivity index (χ4v) is 1.34. The molecule has 0 bridgehead atoms. The van der Waals surface area contributed by atoms with Gasteiger partial charge in [-0.1, -0.05) is 0 Å². The molecule has 0 fully saturated rings. The number of nitrogens with zero attached hydrogens (tertiary/aromatic N) is 1. The molecule has 0 atom stereocenters. The first-order valence-corrected chi connectivity index (χ1v) is 4.41. The molecule has 0 aliphatic rings. The topological polar surface area (TPSA) is 79.3 Å². The second-order valence-corrected chi connectivity index (χ2v) is 3.39. The van der Waals surface area contributed by atoms with Crippen LogP contribution in [0, 0.1) is 0 Å². The van der Waals surface area contributed by atoms with E-state index in [1.54, 1.807) is 12.3 Å². The molecule has 0 aliphatic carbocycles. The van der Waals surface area contributed by atoms with Gasteiger partial charge in [-0.3, -0.25) is 0 Å². The second kappa shape index (κ2) is 2.87. The Bertz CT molecular complexity index is 456. The van der Waals surface area contributed by atoms with E-state index in [4.69, 9.17) is 20.7 Å². The molecule has 0 aliphatic heterocycles. The lowest BCUT2D eigenvalue weighted by molar-refractivity contribution is 0.0671. The average molecular weight is 195 g/mol. The third kappa shape index (κ3) is 1.09. The molecule has 0 saturated carbocycles. The molecule has 14 heavy (non-hydrogen) atoms. The molecule has 0 spiro atoms. The number of furan rings is 1. The van der Waals surface area contributed by atoms with Gasteiger partial charge in [0.2, 0.25) is 5.71 Å². The van der Waals surface area contributed by atoms with Gasteiger partial charge in [-0.2, -0.15) is 0 Å². The molecule has 2 aromatic heterocycles. The van der Waals surface area contributed by atoms with E-state index in [1.165, 1.54) is 4.73 Å². The Morgan fingerprint density at radius 3 is 2.79 bits per heavy atom. The molecular formula is C9H13N3O2.